The van der Waals surface area contributed by atoms with E-state index in [1.165, 1.54) is 6.07 Å². The van der Waals surface area contributed by atoms with Crippen LogP contribution in [0.25, 0.3) is 131 Å². The largest absolute Gasteiger partial charge is 0.415 e. The van der Waals surface area contributed by atoms with Crippen molar-refractivity contribution >= 4 is 55.0 Å². The monoisotopic (exact) mass is 1080 g/mol. The lowest BCUT2D eigenvalue weighted by atomic mass is 9.94. The van der Waals surface area contributed by atoms with Crippen LogP contribution < -0.4 is 0 Å². The molecule has 390 valence electrons. The second-order valence-electron chi connectivity index (χ2n) is 20.3. The fraction of sp³-hybridized carbons (Fsp3) is 0.0137. The van der Waals surface area contributed by atoms with Gasteiger partial charge in [0.1, 0.15) is 0 Å². The molecule has 2 heterocycles. The summed E-state index contributed by atoms with van der Waals surface area (Å²) in [4.78, 5) is 7.33. The van der Waals surface area contributed by atoms with E-state index < -0.39 is 11.7 Å². The van der Waals surface area contributed by atoms with Gasteiger partial charge in [-0.15, -0.1) is 0 Å². The minimum atomic E-state index is -4.69. The molecule has 0 unspecified atom stereocenters. The first-order valence-electron chi connectivity index (χ1n) is 26.4. The van der Waals surface area contributed by atoms with Gasteiger partial charge in [0.05, 0.1) is 93.1 Å². The number of aromatic nitrogens is 2. The van der Waals surface area contributed by atoms with Gasteiger partial charge in [-0.25, -0.2) is 9.69 Å². The zero-order chi connectivity index (χ0) is 57.8. The van der Waals surface area contributed by atoms with Crippen molar-refractivity contribution in [1.82, 2.24) is 9.13 Å². The maximum Gasteiger partial charge on any atom is 0.415 e. The molecule has 0 atom stereocenters. The number of nitrogens with zero attached hydrogens (tertiary/aromatic N) is 8. The number of hydrogen-bond acceptors (Lipinski definition) is 4. The standard InChI is InChI=1S/C73H37F3N8/c1-81-58-14-6-13-51(33-58)55-20-28-70-65(37-55)64-36-54(50-12-5-9-46(31-50)42-79)19-27-69(64)84(70)72-38-56(59-24-21-57(73(74,75)76)39-66(59)82-2)16-23-61(72)60-22-15-47(43-80)32-71(60)83-67-25-17-52(48-10-3-7-44(29-48)40-77)34-62(67)63-35-53(18-26-68(63)83)49-11-4-8-45(30-49)41-78/h3-39H. The molecule has 11 aromatic carbocycles. The molecule has 0 aliphatic rings. The number of halogens is 3. The number of fused-ring (bicyclic) bond motifs is 6. The molecule has 11 heteroatoms. The summed E-state index contributed by atoms with van der Waals surface area (Å²) >= 11 is 0. The summed E-state index contributed by atoms with van der Waals surface area (Å²) in [5.74, 6) is 0. The molecule has 0 bridgehead atoms. The lowest BCUT2D eigenvalue weighted by Crippen LogP contribution is -2.04. The normalized spacial score (nSPS) is 11.2. The van der Waals surface area contributed by atoms with Crippen LogP contribution in [-0.4, -0.2) is 9.13 Å². The Morgan fingerprint density at radius 1 is 0.333 bits per heavy atom. The zero-order valence-electron chi connectivity index (χ0n) is 44.1. The Morgan fingerprint density at radius 2 is 0.702 bits per heavy atom. The fourth-order valence-electron chi connectivity index (χ4n) is 11.5. The molecule has 0 aliphatic heterocycles. The van der Waals surface area contributed by atoms with Crippen LogP contribution in [0.5, 0.6) is 0 Å². The highest BCUT2D eigenvalue weighted by molar-refractivity contribution is 6.14. The molecule has 13 rings (SSSR count). The Bertz CT molecular complexity index is 5000. The highest BCUT2D eigenvalue weighted by Gasteiger charge is 2.31. The van der Waals surface area contributed by atoms with Crippen LogP contribution in [0.15, 0.2) is 224 Å². The molecule has 0 aliphatic carbocycles. The Labute approximate surface area is 479 Å². The number of nitriles is 4. The molecule has 2 aromatic heterocycles. The third-order valence-electron chi connectivity index (χ3n) is 15.5. The van der Waals surface area contributed by atoms with Gasteiger partial charge in [-0.05, 0) is 171 Å². The molecule has 0 amide bonds. The van der Waals surface area contributed by atoms with Crippen molar-refractivity contribution in [2.75, 3.05) is 0 Å². The van der Waals surface area contributed by atoms with Crippen LogP contribution in [0, 0.1) is 58.5 Å². The smallest absolute Gasteiger partial charge is 0.309 e. The molecule has 84 heavy (non-hydrogen) atoms. The van der Waals surface area contributed by atoms with E-state index in [9.17, 15) is 34.2 Å². The quantitative estimate of drug-likeness (QED) is 0.141. The molecule has 0 saturated carbocycles. The Kier molecular flexibility index (Phi) is 12.5. The minimum absolute atomic E-state index is 0.178. The van der Waals surface area contributed by atoms with E-state index in [1.807, 2.05) is 152 Å². The van der Waals surface area contributed by atoms with Gasteiger partial charge in [-0.1, -0.05) is 109 Å². The fourth-order valence-corrected chi connectivity index (χ4v) is 11.5. The van der Waals surface area contributed by atoms with Crippen molar-refractivity contribution in [3.8, 4) is 102 Å². The average molecular weight is 1080 g/mol. The maximum atomic E-state index is 14.3. The van der Waals surface area contributed by atoms with E-state index >= 15 is 0 Å². The van der Waals surface area contributed by atoms with Gasteiger partial charge in [-0.3, -0.25) is 0 Å². The number of rotatable bonds is 8. The second-order valence-corrected chi connectivity index (χ2v) is 20.3. The average Bonchev–Trinajstić information content (AvgIpc) is 4.23. The van der Waals surface area contributed by atoms with E-state index in [2.05, 4.69) is 67.4 Å². The van der Waals surface area contributed by atoms with E-state index in [0.29, 0.717) is 61.6 Å². The predicted molar refractivity (Wildman–Crippen MR) is 324 cm³/mol. The van der Waals surface area contributed by atoms with Crippen molar-refractivity contribution in [3.63, 3.8) is 0 Å². The van der Waals surface area contributed by atoms with Crippen molar-refractivity contribution in [2.45, 2.75) is 6.18 Å². The van der Waals surface area contributed by atoms with Crippen LogP contribution in [0.2, 0.25) is 0 Å². The topological polar surface area (TPSA) is 114 Å². The van der Waals surface area contributed by atoms with Crippen LogP contribution >= 0.6 is 0 Å². The molecule has 8 nitrogen and oxygen atoms in total. The van der Waals surface area contributed by atoms with E-state index in [-0.39, 0.29) is 5.69 Å². The van der Waals surface area contributed by atoms with E-state index in [1.54, 1.807) is 30.3 Å². The first kappa shape index (κ1) is 51.2. The summed E-state index contributed by atoms with van der Waals surface area (Å²) in [5.41, 5.74) is 14.6. The maximum absolute atomic E-state index is 14.3. The van der Waals surface area contributed by atoms with Gasteiger partial charge < -0.3 is 9.13 Å². The van der Waals surface area contributed by atoms with Gasteiger partial charge in [-0.2, -0.15) is 34.2 Å². The molecular formula is C73H37F3N8. The van der Waals surface area contributed by atoms with Crippen LogP contribution in [0.3, 0.4) is 0 Å². The van der Waals surface area contributed by atoms with Gasteiger partial charge in [0.25, 0.3) is 0 Å². The van der Waals surface area contributed by atoms with Gasteiger partial charge in [0.15, 0.2) is 11.4 Å². The van der Waals surface area contributed by atoms with Crippen molar-refractivity contribution in [1.29, 1.82) is 21.0 Å². The highest BCUT2D eigenvalue weighted by Crippen LogP contribution is 2.47. The SMILES string of the molecule is [C-]#[N+]c1cccc(-c2ccc3c(c2)c2cc(-c4cccc(C#N)c4)ccc2n3-c2cc(-c3ccc(C(F)(F)F)cc3[N+]#[C-])ccc2-c2ccc(C#N)cc2-n2c3ccc(-c4cccc(C#N)c4)cc3c3cc(-c4cccc(C#N)c4)ccc32)c1. The number of benzene rings is 11. The molecule has 0 radical (unpaired) electrons. The Hall–Kier alpha value is -12.3. The number of hydrogen-bond donors (Lipinski definition) is 0. The van der Waals surface area contributed by atoms with Crippen molar-refractivity contribution < 1.29 is 13.2 Å². The summed E-state index contributed by atoms with van der Waals surface area (Å²) < 4.78 is 47.0. The third kappa shape index (κ3) is 8.87. The lowest BCUT2D eigenvalue weighted by molar-refractivity contribution is -0.137. The van der Waals surface area contributed by atoms with Gasteiger partial charge >= 0.3 is 6.18 Å². The first-order valence-corrected chi connectivity index (χ1v) is 26.4. The second kappa shape index (κ2) is 20.4. The molecule has 0 saturated heterocycles. The predicted octanol–water partition coefficient (Wildman–Crippen LogP) is 19.5. The van der Waals surface area contributed by atoms with E-state index in [0.717, 1.165) is 100 Å². The van der Waals surface area contributed by atoms with Crippen molar-refractivity contribution in [3.05, 3.63) is 275 Å². The van der Waals surface area contributed by atoms with Crippen LogP contribution in [0.4, 0.5) is 24.5 Å². The zero-order valence-corrected chi connectivity index (χ0v) is 44.1. The molecule has 0 spiro atoms. The van der Waals surface area contributed by atoms with Crippen LogP contribution in [-0.2, 0) is 6.18 Å². The molecule has 0 N–H and O–H groups in total. The summed E-state index contributed by atoms with van der Waals surface area (Å²) in [6.07, 6.45) is -4.69. The Balaban J connectivity index is 1.12. The Morgan fingerprint density at radius 3 is 1.12 bits per heavy atom. The highest BCUT2D eigenvalue weighted by atomic mass is 19.4. The summed E-state index contributed by atoms with van der Waals surface area (Å²) in [6.45, 7) is 15.9. The number of alkyl halides is 3. The first-order chi connectivity index (χ1) is 40.9. The van der Waals surface area contributed by atoms with Crippen LogP contribution in [0.1, 0.15) is 27.8 Å². The summed E-state index contributed by atoms with van der Waals surface area (Å²) in [7, 11) is 0. The van der Waals surface area contributed by atoms with E-state index in [4.69, 9.17) is 13.1 Å². The van der Waals surface area contributed by atoms with Crippen molar-refractivity contribution in [2.24, 2.45) is 0 Å². The third-order valence-corrected chi connectivity index (χ3v) is 15.5. The molecule has 13 aromatic rings. The van der Waals surface area contributed by atoms with Gasteiger partial charge in [0, 0.05) is 38.2 Å². The summed E-state index contributed by atoms with van der Waals surface area (Å²) in [5, 5.41) is 43.8. The molecular weight excluding hydrogens is 1050 g/mol. The lowest BCUT2D eigenvalue weighted by Gasteiger charge is -2.20. The minimum Gasteiger partial charge on any atom is -0.309 e. The summed E-state index contributed by atoms with van der Waals surface area (Å²) in [6, 6.07) is 77.6. The van der Waals surface area contributed by atoms with Gasteiger partial charge in [0.2, 0.25) is 0 Å². The molecule has 0 fully saturated rings.